The number of carbonyl (C=O) groups excluding carboxylic acids is 1. The van der Waals surface area contributed by atoms with Crippen LogP contribution in [0, 0.1) is 10.1 Å². The second kappa shape index (κ2) is 7.49. The molecule has 122 valence electrons. The number of amides is 1. The molecule has 1 aromatic carbocycles. The molecule has 0 aliphatic heterocycles. The number of nitro groups is 1. The number of nitrogens with one attached hydrogen (secondary N) is 1. The van der Waals surface area contributed by atoms with Crippen molar-refractivity contribution in [2.24, 2.45) is 0 Å². The molecule has 7 heteroatoms. The lowest BCUT2D eigenvalue weighted by molar-refractivity contribution is -0.384. The first kappa shape index (κ1) is 18.3. The maximum atomic E-state index is 11.8. The van der Waals surface area contributed by atoms with Gasteiger partial charge >= 0.3 is 6.09 Å². The second-order valence-corrected chi connectivity index (χ2v) is 6.81. The standard InChI is InChI=1S/C15H22N2O4S/c1-10(16-14(18)21-15(2,3)4)13-7-6-12(17(19)20)8-11(13)9-22-5/h6-8,10H,9H2,1-5H3,(H,16,18). The summed E-state index contributed by atoms with van der Waals surface area (Å²) >= 11 is 1.57. The van der Waals surface area contributed by atoms with Crippen LogP contribution in [0.25, 0.3) is 0 Å². The van der Waals surface area contributed by atoms with Crippen molar-refractivity contribution in [3.63, 3.8) is 0 Å². The number of thioether (sulfide) groups is 1. The van der Waals surface area contributed by atoms with Crippen molar-refractivity contribution >= 4 is 23.5 Å². The summed E-state index contributed by atoms with van der Waals surface area (Å²) < 4.78 is 5.23. The average molecular weight is 326 g/mol. The zero-order valence-corrected chi connectivity index (χ0v) is 14.3. The van der Waals surface area contributed by atoms with Crippen LogP contribution in [0.15, 0.2) is 18.2 Å². The van der Waals surface area contributed by atoms with E-state index >= 15 is 0 Å². The van der Waals surface area contributed by atoms with Crippen molar-refractivity contribution in [3.8, 4) is 0 Å². The van der Waals surface area contributed by atoms with Crippen LogP contribution >= 0.6 is 11.8 Å². The molecule has 1 amide bonds. The molecular weight excluding hydrogens is 304 g/mol. The topological polar surface area (TPSA) is 81.5 Å². The number of rotatable bonds is 5. The van der Waals surface area contributed by atoms with E-state index in [0.717, 1.165) is 11.1 Å². The molecule has 6 nitrogen and oxygen atoms in total. The van der Waals surface area contributed by atoms with Gasteiger partial charge in [0.05, 0.1) is 11.0 Å². The first-order chi connectivity index (χ1) is 10.1. The Bertz CT molecular complexity index is 555. The van der Waals surface area contributed by atoms with Crippen LogP contribution < -0.4 is 5.32 Å². The number of nitro benzene ring substituents is 1. The number of benzene rings is 1. The monoisotopic (exact) mass is 326 g/mol. The van der Waals surface area contributed by atoms with Crippen LogP contribution in [-0.2, 0) is 10.5 Å². The molecule has 0 aliphatic rings. The van der Waals surface area contributed by atoms with Gasteiger partial charge in [-0.2, -0.15) is 11.8 Å². The van der Waals surface area contributed by atoms with E-state index in [0.29, 0.717) is 5.75 Å². The molecule has 0 saturated carbocycles. The predicted octanol–water partition coefficient (Wildman–Crippen LogP) is 4.04. The Labute approximate surface area is 134 Å². The second-order valence-electron chi connectivity index (χ2n) is 5.94. The van der Waals surface area contributed by atoms with Crippen molar-refractivity contribution in [1.82, 2.24) is 5.32 Å². The van der Waals surface area contributed by atoms with Gasteiger partial charge in [-0.15, -0.1) is 0 Å². The third-order valence-electron chi connectivity index (χ3n) is 2.84. The summed E-state index contributed by atoms with van der Waals surface area (Å²) in [6.45, 7) is 7.21. The largest absolute Gasteiger partial charge is 0.444 e. The van der Waals surface area contributed by atoms with Gasteiger partial charge in [0.1, 0.15) is 5.60 Å². The maximum absolute atomic E-state index is 11.8. The van der Waals surface area contributed by atoms with Gasteiger partial charge in [-0.25, -0.2) is 4.79 Å². The molecule has 0 aromatic heterocycles. The van der Waals surface area contributed by atoms with Crippen LogP contribution in [0.1, 0.15) is 44.9 Å². The molecule has 1 rings (SSSR count). The number of carbonyl (C=O) groups is 1. The first-order valence-corrected chi connectivity index (χ1v) is 8.29. The molecule has 1 unspecified atom stereocenters. The summed E-state index contributed by atoms with van der Waals surface area (Å²) in [5.41, 5.74) is 1.18. The Morgan fingerprint density at radius 2 is 2.09 bits per heavy atom. The molecule has 0 radical (unpaired) electrons. The van der Waals surface area contributed by atoms with Gasteiger partial charge < -0.3 is 10.1 Å². The quantitative estimate of drug-likeness (QED) is 0.652. The number of hydrogen-bond donors (Lipinski definition) is 1. The van der Waals surface area contributed by atoms with Crippen LogP contribution in [0.2, 0.25) is 0 Å². The fourth-order valence-electron chi connectivity index (χ4n) is 1.97. The smallest absolute Gasteiger partial charge is 0.408 e. The van der Waals surface area contributed by atoms with E-state index in [1.54, 1.807) is 44.7 Å². The van der Waals surface area contributed by atoms with Gasteiger partial charge in [-0.05, 0) is 51.1 Å². The molecule has 0 fully saturated rings. The number of ether oxygens (including phenoxy) is 1. The van der Waals surface area contributed by atoms with Crippen molar-refractivity contribution < 1.29 is 14.5 Å². The lowest BCUT2D eigenvalue weighted by Crippen LogP contribution is -2.34. The Hall–Kier alpha value is -1.76. The van der Waals surface area contributed by atoms with E-state index < -0.39 is 16.6 Å². The van der Waals surface area contributed by atoms with Gasteiger partial charge in [0, 0.05) is 17.9 Å². The van der Waals surface area contributed by atoms with Crippen LogP contribution in [0.3, 0.4) is 0 Å². The van der Waals surface area contributed by atoms with Crippen molar-refractivity contribution in [1.29, 1.82) is 0 Å². The minimum atomic E-state index is -0.568. The van der Waals surface area contributed by atoms with E-state index in [1.165, 1.54) is 6.07 Å². The molecular formula is C15H22N2O4S. The van der Waals surface area contributed by atoms with Crippen LogP contribution in [-0.4, -0.2) is 22.9 Å². The van der Waals surface area contributed by atoms with Gasteiger partial charge in [0.15, 0.2) is 0 Å². The highest BCUT2D eigenvalue weighted by atomic mass is 32.2. The minimum Gasteiger partial charge on any atom is -0.444 e. The highest BCUT2D eigenvalue weighted by molar-refractivity contribution is 7.97. The molecule has 1 atom stereocenters. The lowest BCUT2D eigenvalue weighted by atomic mass is 10.0. The number of non-ortho nitro benzene ring substituents is 1. The number of nitrogens with zero attached hydrogens (tertiary/aromatic N) is 1. The number of hydrogen-bond acceptors (Lipinski definition) is 5. The van der Waals surface area contributed by atoms with Gasteiger partial charge in [-0.1, -0.05) is 0 Å². The SMILES string of the molecule is CSCc1cc([N+](=O)[O-])ccc1C(C)NC(=O)OC(C)(C)C. The van der Waals surface area contributed by atoms with E-state index in [-0.39, 0.29) is 11.7 Å². The minimum absolute atomic E-state index is 0.0530. The maximum Gasteiger partial charge on any atom is 0.408 e. The van der Waals surface area contributed by atoms with Gasteiger partial charge in [0.2, 0.25) is 0 Å². The summed E-state index contributed by atoms with van der Waals surface area (Å²) in [6, 6.07) is 4.40. The third kappa shape index (κ3) is 5.55. The summed E-state index contributed by atoms with van der Waals surface area (Å²) in [5, 5.41) is 13.6. The fourth-order valence-corrected chi connectivity index (χ4v) is 2.53. The fraction of sp³-hybridized carbons (Fsp3) is 0.533. The molecule has 0 aliphatic carbocycles. The van der Waals surface area contributed by atoms with Crippen molar-refractivity contribution in [2.75, 3.05) is 6.26 Å². The molecule has 1 aromatic rings. The Balaban J connectivity index is 2.94. The summed E-state index contributed by atoms with van der Waals surface area (Å²) in [7, 11) is 0. The van der Waals surface area contributed by atoms with Crippen LogP contribution in [0.4, 0.5) is 10.5 Å². The Kier molecular flexibility index (Phi) is 6.22. The molecule has 1 N–H and O–H groups in total. The van der Waals surface area contributed by atoms with Crippen molar-refractivity contribution in [3.05, 3.63) is 39.4 Å². The predicted molar refractivity (Wildman–Crippen MR) is 88.1 cm³/mol. The first-order valence-electron chi connectivity index (χ1n) is 6.89. The number of alkyl carbamates (subject to hydrolysis) is 1. The van der Waals surface area contributed by atoms with Crippen molar-refractivity contribution in [2.45, 2.75) is 45.1 Å². The molecule has 0 spiro atoms. The molecule has 22 heavy (non-hydrogen) atoms. The van der Waals surface area contributed by atoms with Crippen LogP contribution in [0.5, 0.6) is 0 Å². The van der Waals surface area contributed by atoms with E-state index in [2.05, 4.69) is 5.32 Å². The van der Waals surface area contributed by atoms with E-state index in [9.17, 15) is 14.9 Å². The summed E-state index contributed by atoms with van der Waals surface area (Å²) in [6.07, 6.45) is 1.42. The normalized spacial score (nSPS) is 12.6. The highest BCUT2D eigenvalue weighted by Gasteiger charge is 2.20. The zero-order valence-electron chi connectivity index (χ0n) is 13.5. The molecule has 0 heterocycles. The van der Waals surface area contributed by atoms with E-state index in [1.807, 2.05) is 13.2 Å². The molecule has 0 bridgehead atoms. The highest BCUT2D eigenvalue weighted by Crippen LogP contribution is 2.26. The van der Waals surface area contributed by atoms with Gasteiger partial charge in [0.25, 0.3) is 5.69 Å². The Morgan fingerprint density at radius 3 is 2.59 bits per heavy atom. The zero-order chi connectivity index (χ0) is 16.9. The Morgan fingerprint density at radius 1 is 1.45 bits per heavy atom. The average Bonchev–Trinajstić information content (AvgIpc) is 2.36. The summed E-state index contributed by atoms with van der Waals surface area (Å²) in [4.78, 5) is 22.3. The molecule has 0 saturated heterocycles. The van der Waals surface area contributed by atoms with E-state index in [4.69, 9.17) is 4.74 Å². The van der Waals surface area contributed by atoms with Gasteiger partial charge in [-0.3, -0.25) is 10.1 Å². The third-order valence-corrected chi connectivity index (χ3v) is 3.44. The summed E-state index contributed by atoms with van der Waals surface area (Å²) in [5.74, 6) is 0.636. The lowest BCUT2D eigenvalue weighted by Gasteiger charge is -2.23.